The summed E-state index contributed by atoms with van der Waals surface area (Å²) in [5.74, 6) is 0.735. The molecule has 2 unspecified atom stereocenters. The Morgan fingerprint density at radius 3 is 2.33 bits per heavy atom. The zero-order valence-corrected chi connectivity index (χ0v) is 10.7. The summed E-state index contributed by atoms with van der Waals surface area (Å²) >= 11 is 0. The molecule has 3 heteroatoms. The molecule has 15 heavy (non-hydrogen) atoms. The first kappa shape index (κ1) is 14.4. The molecule has 0 bridgehead atoms. The first-order valence-corrected chi connectivity index (χ1v) is 5.78. The average Bonchev–Trinajstić information content (AvgIpc) is 2.18. The van der Waals surface area contributed by atoms with Gasteiger partial charge in [-0.1, -0.05) is 13.8 Å². The van der Waals surface area contributed by atoms with E-state index in [-0.39, 0.29) is 6.04 Å². The molecule has 0 saturated heterocycles. The lowest BCUT2D eigenvalue weighted by Crippen LogP contribution is -2.35. The molecule has 0 saturated carbocycles. The van der Waals surface area contributed by atoms with Crippen molar-refractivity contribution in [2.75, 3.05) is 20.6 Å². The monoisotopic (exact) mass is 211 g/mol. The fourth-order valence-corrected chi connectivity index (χ4v) is 1.69. The van der Waals surface area contributed by atoms with Crippen molar-refractivity contribution in [3.8, 4) is 6.07 Å². The minimum absolute atomic E-state index is 0.0151. The molecule has 88 valence electrons. The van der Waals surface area contributed by atoms with E-state index in [4.69, 9.17) is 5.26 Å². The van der Waals surface area contributed by atoms with Gasteiger partial charge in [-0.25, -0.2) is 0 Å². The van der Waals surface area contributed by atoms with Crippen molar-refractivity contribution in [3.05, 3.63) is 0 Å². The van der Waals surface area contributed by atoms with Crippen molar-refractivity contribution in [1.29, 1.82) is 5.26 Å². The van der Waals surface area contributed by atoms with Crippen LogP contribution in [0.4, 0.5) is 0 Å². The summed E-state index contributed by atoms with van der Waals surface area (Å²) in [6, 6.07) is 2.83. The number of hydrogen-bond donors (Lipinski definition) is 1. The average molecular weight is 211 g/mol. The summed E-state index contributed by atoms with van der Waals surface area (Å²) in [6.45, 7) is 7.72. The second kappa shape index (κ2) is 7.67. The molecule has 0 fully saturated rings. The molecule has 0 aliphatic heterocycles. The van der Waals surface area contributed by atoms with Crippen LogP contribution >= 0.6 is 0 Å². The van der Waals surface area contributed by atoms with Crippen LogP contribution in [0.1, 0.15) is 33.6 Å². The quantitative estimate of drug-likeness (QED) is 0.698. The molecule has 0 rings (SSSR count). The Balaban J connectivity index is 3.82. The zero-order chi connectivity index (χ0) is 11.8. The Hall–Kier alpha value is -0.590. The van der Waals surface area contributed by atoms with Crippen LogP contribution in [0.2, 0.25) is 0 Å². The van der Waals surface area contributed by atoms with Crippen LogP contribution in [0.3, 0.4) is 0 Å². The topological polar surface area (TPSA) is 39.1 Å². The third-order valence-corrected chi connectivity index (χ3v) is 2.84. The third kappa shape index (κ3) is 6.48. The molecule has 0 amide bonds. The highest BCUT2D eigenvalue weighted by Crippen LogP contribution is 2.10. The van der Waals surface area contributed by atoms with Crippen LogP contribution in [-0.2, 0) is 0 Å². The second-order valence-corrected chi connectivity index (χ2v) is 4.72. The van der Waals surface area contributed by atoms with Gasteiger partial charge in [0.15, 0.2) is 0 Å². The van der Waals surface area contributed by atoms with Gasteiger partial charge in [-0.3, -0.25) is 0 Å². The molecule has 0 spiro atoms. The summed E-state index contributed by atoms with van der Waals surface area (Å²) in [5.41, 5.74) is 0. The van der Waals surface area contributed by atoms with Crippen LogP contribution in [0.25, 0.3) is 0 Å². The highest BCUT2D eigenvalue weighted by atomic mass is 15.1. The normalized spacial score (nSPS) is 15.3. The van der Waals surface area contributed by atoms with Crippen LogP contribution < -0.4 is 5.32 Å². The highest BCUT2D eigenvalue weighted by molar-refractivity contribution is 4.89. The molecule has 0 radical (unpaired) electrons. The molecular weight excluding hydrogens is 186 g/mol. The number of nitrogens with one attached hydrogen (secondary N) is 1. The minimum atomic E-state index is -0.0151. The van der Waals surface area contributed by atoms with Gasteiger partial charge in [-0.15, -0.1) is 0 Å². The van der Waals surface area contributed by atoms with Gasteiger partial charge < -0.3 is 10.2 Å². The summed E-state index contributed by atoms with van der Waals surface area (Å²) < 4.78 is 0. The Labute approximate surface area is 94.5 Å². The maximum absolute atomic E-state index is 8.79. The summed E-state index contributed by atoms with van der Waals surface area (Å²) in [4.78, 5) is 2.34. The van der Waals surface area contributed by atoms with Gasteiger partial charge in [-0.05, 0) is 39.8 Å². The highest BCUT2D eigenvalue weighted by Gasteiger charge is 2.12. The van der Waals surface area contributed by atoms with Crippen LogP contribution in [0.5, 0.6) is 0 Å². The van der Waals surface area contributed by atoms with Crippen LogP contribution in [0.15, 0.2) is 0 Å². The first-order chi connectivity index (χ1) is 7.01. The Morgan fingerprint density at radius 1 is 1.33 bits per heavy atom. The van der Waals surface area contributed by atoms with E-state index in [0.717, 1.165) is 18.9 Å². The van der Waals surface area contributed by atoms with Crippen LogP contribution in [-0.4, -0.2) is 37.6 Å². The zero-order valence-electron chi connectivity index (χ0n) is 10.7. The van der Waals surface area contributed by atoms with Gasteiger partial charge in [0.05, 0.1) is 12.1 Å². The van der Waals surface area contributed by atoms with E-state index in [1.165, 1.54) is 6.42 Å². The fourth-order valence-electron chi connectivity index (χ4n) is 1.69. The SMILES string of the molecule is CNC(C#N)CCN(C)C(C)CC(C)C. The molecule has 0 aromatic carbocycles. The molecular formula is C12H25N3. The standard InChI is InChI=1S/C12H25N3/c1-10(2)8-11(3)15(5)7-6-12(9-13)14-4/h10-12,14H,6-8H2,1-5H3. The first-order valence-electron chi connectivity index (χ1n) is 5.78. The Morgan fingerprint density at radius 2 is 1.93 bits per heavy atom. The lowest BCUT2D eigenvalue weighted by Gasteiger charge is -2.26. The summed E-state index contributed by atoms with van der Waals surface area (Å²) in [6.07, 6.45) is 2.11. The van der Waals surface area contributed by atoms with Gasteiger partial charge in [-0.2, -0.15) is 5.26 Å². The smallest absolute Gasteiger partial charge is 0.0962 e. The predicted octanol–water partition coefficient (Wildman–Crippen LogP) is 1.85. The van der Waals surface area contributed by atoms with Gasteiger partial charge >= 0.3 is 0 Å². The predicted molar refractivity (Wildman–Crippen MR) is 64.6 cm³/mol. The van der Waals surface area contributed by atoms with Crippen LogP contribution in [0, 0.1) is 17.2 Å². The van der Waals surface area contributed by atoms with E-state index in [1.54, 1.807) is 0 Å². The van der Waals surface area contributed by atoms with Gasteiger partial charge in [0.1, 0.15) is 0 Å². The van der Waals surface area contributed by atoms with E-state index in [2.05, 4.69) is 44.1 Å². The van der Waals surface area contributed by atoms with E-state index in [9.17, 15) is 0 Å². The summed E-state index contributed by atoms with van der Waals surface area (Å²) in [7, 11) is 3.97. The largest absolute Gasteiger partial charge is 0.305 e. The second-order valence-electron chi connectivity index (χ2n) is 4.72. The molecule has 0 heterocycles. The van der Waals surface area contributed by atoms with Crippen molar-refractivity contribution in [2.24, 2.45) is 5.92 Å². The maximum Gasteiger partial charge on any atom is 0.0962 e. The number of rotatable bonds is 7. The van der Waals surface area contributed by atoms with Gasteiger partial charge in [0, 0.05) is 12.6 Å². The number of nitriles is 1. The summed E-state index contributed by atoms with van der Waals surface area (Å²) in [5, 5.41) is 11.8. The fraction of sp³-hybridized carbons (Fsp3) is 0.917. The lowest BCUT2D eigenvalue weighted by atomic mass is 10.0. The van der Waals surface area contributed by atoms with Gasteiger partial charge in [0.2, 0.25) is 0 Å². The molecule has 1 N–H and O–H groups in total. The number of hydrogen-bond acceptors (Lipinski definition) is 3. The minimum Gasteiger partial charge on any atom is -0.305 e. The van der Waals surface area contributed by atoms with Crippen molar-refractivity contribution < 1.29 is 0 Å². The molecule has 0 aromatic rings. The lowest BCUT2D eigenvalue weighted by molar-refractivity contribution is 0.222. The van der Waals surface area contributed by atoms with Crippen molar-refractivity contribution in [3.63, 3.8) is 0 Å². The molecule has 0 aliphatic rings. The van der Waals surface area contributed by atoms with E-state index in [1.807, 2.05) is 7.05 Å². The van der Waals surface area contributed by atoms with Crippen molar-refractivity contribution >= 4 is 0 Å². The van der Waals surface area contributed by atoms with E-state index < -0.39 is 0 Å². The van der Waals surface area contributed by atoms with Crippen molar-refractivity contribution in [2.45, 2.75) is 45.7 Å². The Bertz CT molecular complexity index is 196. The van der Waals surface area contributed by atoms with E-state index >= 15 is 0 Å². The van der Waals surface area contributed by atoms with Gasteiger partial charge in [0.25, 0.3) is 0 Å². The van der Waals surface area contributed by atoms with E-state index in [0.29, 0.717) is 6.04 Å². The molecule has 2 atom stereocenters. The molecule has 0 aromatic heterocycles. The van der Waals surface area contributed by atoms with Crippen molar-refractivity contribution in [1.82, 2.24) is 10.2 Å². The third-order valence-electron chi connectivity index (χ3n) is 2.84. The Kier molecular flexibility index (Phi) is 7.37. The maximum atomic E-state index is 8.79. The molecule has 3 nitrogen and oxygen atoms in total. The number of nitrogens with zero attached hydrogens (tertiary/aromatic N) is 2. The molecule has 0 aliphatic carbocycles.